The molecule has 88 valence electrons. The molecule has 0 aliphatic heterocycles. The molecule has 0 radical (unpaired) electrons. The maximum Gasteiger partial charge on any atom is 0.338 e. The van der Waals surface area contributed by atoms with Crippen LogP contribution in [0.1, 0.15) is 6.42 Å². The number of nitrogens with one attached hydrogen (secondary N) is 1. The Bertz CT molecular complexity index is 349. The number of hydrogen-bond donors (Lipinski definition) is 1. The van der Waals surface area contributed by atoms with Gasteiger partial charge in [0, 0.05) is 12.1 Å². The van der Waals surface area contributed by atoms with Gasteiger partial charge in [0.2, 0.25) is 0 Å². The zero-order valence-corrected chi connectivity index (χ0v) is 10.1. The summed E-state index contributed by atoms with van der Waals surface area (Å²) in [4.78, 5) is 11.6. The topological polar surface area (TPSA) is 50.2 Å². The molecule has 0 fully saturated rings. The Morgan fingerprint density at radius 3 is 2.75 bits per heavy atom. The SMILES string of the molecule is C[N+](C)(C)CCOC(=O)C1=CC(=N)CC=C1. The number of rotatable bonds is 4. The van der Waals surface area contributed by atoms with Gasteiger partial charge in [0.1, 0.15) is 13.2 Å². The number of allylic oxidation sites excluding steroid dienone is 2. The lowest BCUT2D eigenvalue weighted by molar-refractivity contribution is -0.870. The van der Waals surface area contributed by atoms with Crippen molar-refractivity contribution in [1.29, 1.82) is 5.41 Å². The van der Waals surface area contributed by atoms with Gasteiger partial charge in [-0.3, -0.25) is 0 Å². The Labute approximate surface area is 96.3 Å². The zero-order valence-electron chi connectivity index (χ0n) is 10.1. The van der Waals surface area contributed by atoms with Gasteiger partial charge in [-0.15, -0.1) is 0 Å². The number of ether oxygens (including phenoxy) is 1. The van der Waals surface area contributed by atoms with Crippen molar-refractivity contribution in [2.45, 2.75) is 6.42 Å². The van der Waals surface area contributed by atoms with E-state index in [9.17, 15) is 4.79 Å². The van der Waals surface area contributed by atoms with Crippen LogP contribution in [-0.2, 0) is 9.53 Å². The maximum atomic E-state index is 11.6. The summed E-state index contributed by atoms with van der Waals surface area (Å²) >= 11 is 0. The van der Waals surface area contributed by atoms with Gasteiger partial charge in [-0.25, -0.2) is 4.79 Å². The fourth-order valence-corrected chi connectivity index (χ4v) is 1.23. The minimum absolute atomic E-state index is 0.339. The second-order valence-corrected chi connectivity index (χ2v) is 4.88. The van der Waals surface area contributed by atoms with Crippen molar-refractivity contribution in [3.63, 3.8) is 0 Å². The van der Waals surface area contributed by atoms with Crippen LogP contribution >= 0.6 is 0 Å². The first-order valence-corrected chi connectivity index (χ1v) is 5.32. The number of carbonyl (C=O) groups excluding carboxylic acids is 1. The molecule has 1 N–H and O–H groups in total. The molecule has 0 heterocycles. The molecule has 1 aliphatic rings. The van der Waals surface area contributed by atoms with Gasteiger partial charge >= 0.3 is 5.97 Å². The number of nitrogens with zero attached hydrogens (tertiary/aromatic N) is 1. The summed E-state index contributed by atoms with van der Waals surface area (Å²) in [5.74, 6) is -0.339. The normalized spacial score (nSPS) is 15.9. The first kappa shape index (κ1) is 12.6. The highest BCUT2D eigenvalue weighted by Gasteiger charge is 2.13. The van der Waals surface area contributed by atoms with Gasteiger partial charge in [0.25, 0.3) is 0 Å². The molecule has 4 heteroatoms. The highest BCUT2D eigenvalue weighted by molar-refractivity contribution is 6.04. The third-order valence-corrected chi connectivity index (χ3v) is 2.20. The van der Waals surface area contributed by atoms with Crippen molar-refractivity contribution in [1.82, 2.24) is 0 Å². The van der Waals surface area contributed by atoms with Crippen LogP contribution in [0.4, 0.5) is 0 Å². The first-order chi connectivity index (χ1) is 7.38. The third kappa shape index (κ3) is 4.40. The standard InChI is InChI=1S/C12H19N2O2/c1-14(2,3)7-8-16-12(15)10-5-4-6-11(13)9-10/h4-5,9,13H,6-8H2,1-3H3/q+1. The van der Waals surface area contributed by atoms with Gasteiger partial charge in [-0.2, -0.15) is 0 Å². The third-order valence-electron chi connectivity index (χ3n) is 2.20. The van der Waals surface area contributed by atoms with Crippen molar-refractivity contribution in [2.75, 3.05) is 34.3 Å². The molecule has 4 nitrogen and oxygen atoms in total. The minimum Gasteiger partial charge on any atom is -0.456 e. The Morgan fingerprint density at radius 1 is 1.50 bits per heavy atom. The van der Waals surface area contributed by atoms with E-state index in [1.165, 1.54) is 0 Å². The van der Waals surface area contributed by atoms with Gasteiger partial charge < -0.3 is 14.6 Å². The van der Waals surface area contributed by atoms with Crippen LogP contribution in [0, 0.1) is 5.41 Å². The Hall–Kier alpha value is -1.42. The van der Waals surface area contributed by atoms with E-state index in [1.807, 2.05) is 21.1 Å². The second kappa shape index (κ2) is 5.07. The molecule has 0 bridgehead atoms. The van der Waals surface area contributed by atoms with Crippen LogP contribution in [-0.4, -0.2) is 50.5 Å². The fourth-order valence-electron chi connectivity index (χ4n) is 1.23. The van der Waals surface area contributed by atoms with Crippen molar-refractivity contribution in [2.24, 2.45) is 0 Å². The maximum absolute atomic E-state index is 11.6. The van der Waals surface area contributed by atoms with E-state index in [4.69, 9.17) is 10.1 Å². The largest absolute Gasteiger partial charge is 0.456 e. The van der Waals surface area contributed by atoms with Crippen molar-refractivity contribution in [3.8, 4) is 0 Å². The van der Waals surface area contributed by atoms with E-state index >= 15 is 0 Å². The van der Waals surface area contributed by atoms with Crippen LogP contribution in [0.15, 0.2) is 23.8 Å². The van der Waals surface area contributed by atoms with Crippen LogP contribution in [0.3, 0.4) is 0 Å². The predicted octanol–water partition coefficient (Wildman–Crippen LogP) is 1.14. The molecular formula is C12H19N2O2+. The zero-order chi connectivity index (χ0) is 12.2. The lowest BCUT2D eigenvalue weighted by Crippen LogP contribution is -2.38. The van der Waals surface area contributed by atoms with Crippen LogP contribution in [0.25, 0.3) is 0 Å². The van der Waals surface area contributed by atoms with E-state index in [2.05, 4.69) is 0 Å². The molecule has 0 spiro atoms. The number of hydrogen-bond acceptors (Lipinski definition) is 3. The molecule has 16 heavy (non-hydrogen) atoms. The Morgan fingerprint density at radius 2 is 2.19 bits per heavy atom. The highest BCUT2D eigenvalue weighted by Crippen LogP contribution is 2.09. The number of quaternary nitrogens is 1. The van der Waals surface area contributed by atoms with E-state index in [-0.39, 0.29) is 5.97 Å². The predicted molar refractivity (Wildman–Crippen MR) is 63.4 cm³/mol. The molecule has 0 aromatic rings. The van der Waals surface area contributed by atoms with Gasteiger partial charge in [-0.05, 0) is 6.08 Å². The molecule has 0 aromatic carbocycles. The Balaban J connectivity index is 2.42. The summed E-state index contributed by atoms with van der Waals surface area (Å²) in [5, 5.41) is 7.45. The van der Waals surface area contributed by atoms with Crippen LogP contribution < -0.4 is 0 Å². The summed E-state index contributed by atoms with van der Waals surface area (Å²) in [6, 6.07) is 0. The van der Waals surface area contributed by atoms with Crippen molar-refractivity contribution in [3.05, 3.63) is 23.8 Å². The van der Waals surface area contributed by atoms with E-state index in [1.54, 1.807) is 18.2 Å². The lowest BCUT2D eigenvalue weighted by atomic mass is 10.1. The fraction of sp³-hybridized carbons (Fsp3) is 0.500. The molecule has 0 aromatic heterocycles. The van der Waals surface area contributed by atoms with Gasteiger partial charge in [-0.1, -0.05) is 12.2 Å². The van der Waals surface area contributed by atoms with E-state index in [0.717, 1.165) is 11.0 Å². The lowest BCUT2D eigenvalue weighted by Gasteiger charge is -2.23. The number of likely N-dealkylation sites (N-methyl/N-ethyl adjacent to an activating group) is 1. The summed E-state index contributed by atoms with van der Waals surface area (Å²) in [6.45, 7) is 1.18. The summed E-state index contributed by atoms with van der Waals surface area (Å²) in [7, 11) is 6.13. The smallest absolute Gasteiger partial charge is 0.338 e. The molecule has 1 rings (SSSR count). The summed E-state index contributed by atoms with van der Waals surface area (Å²) in [6.07, 6.45) is 5.68. The van der Waals surface area contributed by atoms with Crippen LogP contribution in [0.2, 0.25) is 0 Å². The number of carbonyl (C=O) groups is 1. The molecule has 0 unspecified atom stereocenters. The second-order valence-electron chi connectivity index (χ2n) is 4.88. The highest BCUT2D eigenvalue weighted by atomic mass is 16.5. The summed E-state index contributed by atoms with van der Waals surface area (Å²) < 4.78 is 5.90. The van der Waals surface area contributed by atoms with Gasteiger partial charge in [0.05, 0.1) is 26.7 Å². The van der Waals surface area contributed by atoms with Crippen molar-refractivity contribution < 1.29 is 14.0 Å². The van der Waals surface area contributed by atoms with Gasteiger partial charge in [0.15, 0.2) is 0 Å². The molecule has 0 amide bonds. The minimum atomic E-state index is -0.339. The molecular weight excluding hydrogens is 204 g/mol. The van der Waals surface area contributed by atoms with E-state index in [0.29, 0.717) is 24.3 Å². The molecule has 0 atom stereocenters. The van der Waals surface area contributed by atoms with E-state index < -0.39 is 0 Å². The molecule has 0 saturated heterocycles. The number of esters is 1. The molecule has 1 aliphatic carbocycles. The monoisotopic (exact) mass is 223 g/mol. The van der Waals surface area contributed by atoms with Crippen molar-refractivity contribution >= 4 is 11.7 Å². The Kier molecular flexibility index (Phi) is 4.01. The quantitative estimate of drug-likeness (QED) is 0.574. The average molecular weight is 223 g/mol. The first-order valence-electron chi connectivity index (χ1n) is 5.32. The average Bonchev–Trinajstić information content (AvgIpc) is 2.15. The summed E-state index contributed by atoms with van der Waals surface area (Å²) in [5.41, 5.74) is 0.915. The molecule has 0 saturated carbocycles. The van der Waals surface area contributed by atoms with Crippen LogP contribution in [0.5, 0.6) is 0 Å².